The van der Waals surface area contributed by atoms with E-state index in [1.165, 1.54) is 10.7 Å². The van der Waals surface area contributed by atoms with Gasteiger partial charge in [-0.2, -0.15) is 0 Å². The summed E-state index contributed by atoms with van der Waals surface area (Å²) in [5, 5.41) is 10.6. The number of carbonyl (C=O) groups is 1. The first-order valence-electron chi connectivity index (χ1n) is 7.00. The minimum absolute atomic E-state index is 0.235. The number of aromatic nitrogens is 3. The van der Waals surface area contributed by atoms with Crippen molar-refractivity contribution in [1.82, 2.24) is 20.3 Å². The van der Waals surface area contributed by atoms with Gasteiger partial charge in [0.05, 0.1) is 11.4 Å². The standard InChI is InChI=1S/C15H19FN4O2/c1-10-5-6-12(9-13(10)16)20-11(2)14(18-19-20)15(21)17-7-4-8-22-3/h5-6,9H,4,7-8H2,1-3H3,(H,17,21). The first kappa shape index (κ1) is 16.1. The second kappa shape index (κ2) is 7.13. The second-order valence-corrected chi connectivity index (χ2v) is 4.97. The average Bonchev–Trinajstić information content (AvgIpc) is 2.88. The molecule has 2 aromatic rings. The van der Waals surface area contributed by atoms with E-state index in [9.17, 15) is 9.18 Å². The number of aryl methyl sites for hydroxylation is 1. The number of hydrogen-bond acceptors (Lipinski definition) is 4. The van der Waals surface area contributed by atoms with Gasteiger partial charge in [0, 0.05) is 20.3 Å². The maximum absolute atomic E-state index is 13.6. The highest BCUT2D eigenvalue weighted by Crippen LogP contribution is 2.15. The Kier molecular flexibility index (Phi) is 5.21. The molecule has 6 nitrogen and oxygen atoms in total. The summed E-state index contributed by atoms with van der Waals surface area (Å²) in [6.07, 6.45) is 0.721. The molecule has 0 atom stereocenters. The largest absolute Gasteiger partial charge is 0.385 e. The fraction of sp³-hybridized carbons (Fsp3) is 0.400. The van der Waals surface area contributed by atoms with Crippen molar-refractivity contribution in [2.45, 2.75) is 20.3 Å². The van der Waals surface area contributed by atoms with E-state index in [1.807, 2.05) is 0 Å². The maximum atomic E-state index is 13.6. The fourth-order valence-electron chi connectivity index (χ4n) is 2.00. The van der Waals surface area contributed by atoms with Crippen molar-refractivity contribution in [2.75, 3.05) is 20.3 Å². The molecule has 22 heavy (non-hydrogen) atoms. The molecule has 0 aliphatic carbocycles. The van der Waals surface area contributed by atoms with Crippen molar-refractivity contribution >= 4 is 5.91 Å². The molecule has 0 saturated heterocycles. The van der Waals surface area contributed by atoms with Crippen LogP contribution in [0.2, 0.25) is 0 Å². The Morgan fingerprint density at radius 1 is 1.41 bits per heavy atom. The molecule has 1 amide bonds. The summed E-state index contributed by atoms with van der Waals surface area (Å²) in [5.74, 6) is -0.620. The first-order valence-corrected chi connectivity index (χ1v) is 7.00. The zero-order chi connectivity index (χ0) is 16.1. The van der Waals surface area contributed by atoms with E-state index in [2.05, 4.69) is 15.6 Å². The molecule has 7 heteroatoms. The summed E-state index contributed by atoms with van der Waals surface area (Å²) in [6, 6.07) is 4.77. The summed E-state index contributed by atoms with van der Waals surface area (Å²) in [5.41, 5.74) is 1.88. The Labute approximate surface area is 128 Å². The lowest BCUT2D eigenvalue weighted by molar-refractivity contribution is 0.0943. The van der Waals surface area contributed by atoms with Crippen molar-refractivity contribution in [2.24, 2.45) is 0 Å². The molecule has 1 aromatic carbocycles. The number of halogens is 1. The SMILES string of the molecule is COCCCNC(=O)c1nnn(-c2ccc(C)c(F)c2)c1C. The summed E-state index contributed by atoms with van der Waals surface area (Å²) < 4.78 is 20.0. The third-order valence-electron chi connectivity index (χ3n) is 3.32. The van der Waals surface area contributed by atoms with Crippen LogP contribution in [0.5, 0.6) is 0 Å². The van der Waals surface area contributed by atoms with Crippen LogP contribution in [-0.4, -0.2) is 41.2 Å². The van der Waals surface area contributed by atoms with Gasteiger partial charge in [0.25, 0.3) is 5.91 Å². The topological polar surface area (TPSA) is 69.0 Å². The Balaban J connectivity index is 2.15. The Bertz CT molecular complexity index is 670. The van der Waals surface area contributed by atoms with Crippen LogP contribution < -0.4 is 5.32 Å². The molecule has 0 bridgehead atoms. The van der Waals surface area contributed by atoms with Crippen LogP contribution in [-0.2, 0) is 4.74 Å². The van der Waals surface area contributed by atoms with Gasteiger partial charge in [0.15, 0.2) is 5.69 Å². The third kappa shape index (κ3) is 3.48. The van der Waals surface area contributed by atoms with Crippen molar-refractivity contribution in [3.05, 3.63) is 41.0 Å². The van der Waals surface area contributed by atoms with Gasteiger partial charge in [0.1, 0.15) is 5.82 Å². The van der Waals surface area contributed by atoms with E-state index in [-0.39, 0.29) is 17.4 Å². The first-order chi connectivity index (χ1) is 10.5. The van der Waals surface area contributed by atoms with Crippen molar-refractivity contribution in [3.63, 3.8) is 0 Å². The van der Waals surface area contributed by atoms with Gasteiger partial charge in [-0.05, 0) is 38.0 Å². The van der Waals surface area contributed by atoms with Crippen LogP contribution in [0.15, 0.2) is 18.2 Å². The molecule has 1 heterocycles. The minimum atomic E-state index is -0.321. The molecule has 0 spiro atoms. The predicted octanol–water partition coefficient (Wildman–Crippen LogP) is 1.79. The molecule has 1 N–H and O–H groups in total. The zero-order valence-corrected chi connectivity index (χ0v) is 12.9. The second-order valence-electron chi connectivity index (χ2n) is 4.97. The highest BCUT2D eigenvalue weighted by molar-refractivity contribution is 5.93. The average molecular weight is 306 g/mol. The van der Waals surface area contributed by atoms with Crippen molar-refractivity contribution < 1.29 is 13.9 Å². The Hall–Kier alpha value is -2.28. The summed E-state index contributed by atoms with van der Waals surface area (Å²) in [4.78, 5) is 12.1. The quantitative estimate of drug-likeness (QED) is 0.826. The molecule has 0 fully saturated rings. The Morgan fingerprint density at radius 3 is 2.86 bits per heavy atom. The van der Waals surface area contributed by atoms with Gasteiger partial charge in [-0.15, -0.1) is 5.10 Å². The van der Waals surface area contributed by atoms with Gasteiger partial charge in [-0.1, -0.05) is 11.3 Å². The number of amides is 1. The van der Waals surface area contributed by atoms with Gasteiger partial charge in [-0.3, -0.25) is 4.79 Å². The van der Waals surface area contributed by atoms with E-state index in [0.717, 1.165) is 6.42 Å². The number of rotatable bonds is 6. The fourth-order valence-corrected chi connectivity index (χ4v) is 2.00. The van der Waals surface area contributed by atoms with E-state index in [0.29, 0.717) is 30.1 Å². The Morgan fingerprint density at radius 2 is 2.18 bits per heavy atom. The van der Waals surface area contributed by atoms with Gasteiger partial charge in [0.2, 0.25) is 0 Å². The smallest absolute Gasteiger partial charge is 0.273 e. The van der Waals surface area contributed by atoms with Crippen LogP contribution in [0.3, 0.4) is 0 Å². The molecular formula is C15H19FN4O2. The molecule has 0 unspecified atom stereocenters. The third-order valence-corrected chi connectivity index (χ3v) is 3.32. The monoisotopic (exact) mass is 306 g/mol. The number of nitrogens with zero attached hydrogens (tertiary/aromatic N) is 3. The van der Waals surface area contributed by atoms with E-state index in [4.69, 9.17) is 4.74 Å². The molecule has 0 saturated carbocycles. The molecule has 118 valence electrons. The van der Waals surface area contributed by atoms with Gasteiger partial charge in [-0.25, -0.2) is 9.07 Å². The number of carbonyl (C=O) groups excluding carboxylic acids is 1. The number of nitrogens with one attached hydrogen (secondary N) is 1. The summed E-state index contributed by atoms with van der Waals surface area (Å²) >= 11 is 0. The lowest BCUT2D eigenvalue weighted by Gasteiger charge is -2.06. The lowest BCUT2D eigenvalue weighted by Crippen LogP contribution is -2.26. The summed E-state index contributed by atoms with van der Waals surface area (Å²) in [6.45, 7) is 4.49. The van der Waals surface area contributed by atoms with Gasteiger partial charge >= 0.3 is 0 Å². The normalized spacial score (nSPS) is 10.7. The van der Waals surface area contributed by atoms with Crippen LogP contribution in [0.1, 0.15) is 28.2 Å². The number of methoxy groups -OCH3 is 1. The van der Waals surface area contributed by atoms with Crippen LogP contribution in [0.4, 0.5) is 4.39 Å². The maximum Gasteiger partial charge on any atom is 0.273 e. The number of hydrogen-bond donors (Lipinski definition) is 1. The predicted molar refractivity (Wildman–Crippen MR) is 79.6 cm³/mol. The van der Waals surface area contributed by atoms with Crippen molar-refractivity contribution in [3.8, 4) is 5.69 Å². The van der Waals surface area contributed by atoms with E-state index in [1.54, 1.807) is 33.1 Å². The zero-order valence-electron chi connectivity index (χ0n) is 12.9. The molecule has 0 radical (unpaired) electrons. The number of ether oxygens (including phenoxy) is 1. The lowest BCUT2D eigenvalue weighted by atomic mass is 10.2. The van der Waals surface area contributed by atoms with Crippen LogP contribution in [0, 0.1) is 19.7 Å². The van der Waals surface area contributed by atoms with E-state index >= 15 is 0 Å². The summed E-state index contributed by atoms with van der Waals surface area (Å²) in [7, 11) is 1.61. The van der Waals surface area contributed by atoms with Crippen LogP contribution >= 0.6 is 0 Å². The van der Waals surface area contributed by atoms with Crippen molar-refractivity contribution in [1.29, 1.82) is 0 Å². The van der Waals surface area contributed by atoms with Crippen LogP contribution in [0.25, 0.3) is 5.69 Å². The molecule has 0 aliphatic rings. The molecule has 1 aromatic heterocycles. The highest BCUT2D eigenvalue weighted by Gasteiger charge is 2.17. The minimum Gasteiger partial charge on any atom is -0.385 e. The molecule has 0 aliphatic heterocycles. The van der Waals surface area contributed by atoms with Gasteiger partial charge < -0.3 is 10.1 Å². The van der Waals surface area contributed by atoms with E-state index < -0.39 is 0 Å². The molecular weight excluding hydrogens is 287 g/mol. The number of benzene rings is 1. The highest BCUT2D eigenvalue weighted by atomic mass is 19.1. The molecule has 2 rings (SSSR count).